The van der Waals surface area contributed by atoms with E-state index in [1.54, 1.807) is 30.2 Å². The first-order chi connectivity index (χ1) is 27.6. The Morgan fingerprint density at radius 2 is 1.79 bits per heavy atom. The fraction of sp³-hybridized carbons (Fsp3) is 0.400. The van der Waals surface area contributed by atoms with E-state index in [4.69, 9.17) is 4.74 Å². The van der Waals surface area contributed by atoms with Crippen molar-refractivity contribution in [2.45, 2.75) is 57.5 Å². The number of aromatic hydroxyl groups is 1. The van der Waals surface area contributed by atoms with Crippen molar-refractivity contribution in [2.24, 2.45) is 0 Å². The number of fused-ring (bicyclic) bond motifs is 4. The number of piperidine rings is 1. The number of phenolic OH excluding ortho intramolecular Hbond substituents is 1. The summed E-state index contributed by atoms with van der Waals surface area (Å²) in [5, 5.41) is 24.4. The monoisotopic (exact) mass is 785 g/mol. The second kappa shape index (κ2) is 15.5. The first kappa shape index (κ1) is 37.9. The molecule has 14 nitrogen and oxygen atoms in total. The lowest BCUT2D eigenvalue weighted by molar-refractivity contribution is -0.136. The van der Waals surface area contributed by atoms with Crippen LogP contribution in [0.25, 0.3) is 11.3 Å². The largest absolute Gasteiger partial charge is 0.504 e. The van der Waals surface area contributed by atoms with E-state index in [2.05, 4.69) is 40.5 Å². The molecule has 3 atom stereocenters. The quantitative estimate of drug-likeness (QED) is 0.233. The molecular formula is C40H42F3N9O5. The van der Waals surface area contributed by atoms with E-state index in [1.165, 1.54) is 12.1 Å². The number of benzene rings is 2. The van der Waals surface area contributed by atoms with Crippen LogP contribution in [-0.2, 0) is 22.7 Å². The van der Waals surface area contributed by atoms with Crippen molar-refractivity contribution >= 4 is 34.9 Å². The maximum absolute atomic E-state index is 15.8. The summed E-state index contributed by atoms with van der Waals surface area (Å²) >= 11 is 0. The number of halogens is 3. The number of hydrogen-bond donors (Lipinski definition) is 3. The Kier molecular flexibility index (Phi) is 10.3. The summed E-state index contributed by atoms with van der Waals surface area (Å²) in [5.41, 5.74) is 4.99. The van der Waals surface area contributed by atoms with Crippen molar-refractivity contribution in [1.29, 1.82) is 0 Å². The molecule has 4 aromatic rings. The van der Waals surface area contributed by atoms with Gasteiger partial charge < -0.3 is 29.9 Å². The number of imide groups is 1. The SMILES string of the molecule is CF.Cc1c(CN2CCN(c3ccc4c(c3)C(=O)N(C3CCC(=O)NC3=O)C4)CC2)cnc(OC2CC3CNc4nnc(-c5cccc(F)c5O)cc4N3C2)c1F. The van der Waals surface area contributed by atoms with Gasteiger partial charge in [-0.05, 0) is 60.4 Å². The number of amides is 3. The molecule has 298 valence electrons. The molecule has 2 aromatic heterocycles. The van der Waals surface area contributed by atoms with Gasteiger partial charge in [0.25, 0.3) is 11.8 Å². The highest BCUT2D eigenvalue weighted by atomic mass is 19.1. The molecule has 2 aromatic carbocycles. The minimum Gasteiger partial charge on any atom is -0.504 e. The Labute approximate surface area is 326 Å². The van der Waals surface area contributed by atoms with Crippen LogP contribution in [-0.4, -0.2) is 112 Å². The van der Waals surface area contributed by atoms with E-state index in [0.29, 0.717) is 81.9 Å². The van der Waals surface area contributed by atoms with Crippen molar-refractivity contribution in [3.05, 3.63) is 82.5 Å². The number of pyridine rings is 1. The number of carbonyl (C=O) groups is 3. The molecule has 0 spiro atoms. The van der Waals surface area contributed by atoms with Gasteiger partial charge in [-0.2, -0.15) is 0 Å². The summed E-state index contributed by atoms with van der Waals surface area (Å²) in [7, 11) is 0.500. The summed E-state index contributed by atoms with van der Waals surface area (Å²) in [4.78, 5) is 50.0. The Hall–Kier alpha value is -5.97. The lowest BCUT2D eigenvalue weighted by Crippen LogP contribution is -2.52. The molecule has 57 heavy (non-hydrogen) atoms. The van der Waals surface area contributed by atoms with Crippen molar-refractivity contribution in [2.75, 3.05) is 61.6 Å². The number of carbonyl (C=O) groups excluding carboxylic acids is 3. The average Bonchev–Trinajstić information content (AvgIpc) is 3.79. The maximum atomic E-state index is 15.8. The van der Waals surface area contributed by atoms with Crippen LogP contribution in [0, 0.1) is 18.6 Å². The average molecular weight is 786 g/mol. The first-order valence-electron chi connectivity index (χ1n) is 18.9. The van der Waals surface area contributed by atoms with Crippen molar-refractivity contribution in [3.8, 4) is 22.9 Å². The number of rotatable bonds is 7. The third-order valence-electron chi connectivity index (χ3n) is 11.5. The number of ether oxygens (including phenoxy) is 1. The van der Waals surface area contributed by atoms with Gasteiger partial charge in [0.15, 0.2) is 23.2 Å². The molecule has 3 saturated heterocycles. The van der Waals surface area contributed by atoms with Crippen LogP contribution in [0.2, 0.25) is 0 Å². The van der Waals surface area contributed by atoms with Gasteiger partial charge in [-0.1, -0.05) is 12.1 Å². The van der Waals surface area contributed by atoms with E-state index in [9.17, 15) is 28.3 Å². The fourth-order valence-electron chi connectivity index (χ4n) is 8.38. The molecule has 9 rings (SSSR count). The number of hydrogen-bond acceptors (Lipinski definition) is 12. The third-order valence-corrected chi connectivity index (χ3v) is 11.5. The first-order valence-corrected chi connectivity index (χ1v) is 18.9. The van der Waals surface area contributed by atoms with Gasteiger partial charge in [0.1, 0.15) is 12.1 Å². The maximum Gasteiger partial charge on any atom is 0.255 e. The number of nitrogens with one attached hydrogen (secondary N) is 2. The number of aromatic nitrogens is 3. The third kappa shape index (κ3) is 7.15. The zero-order valence-corrected chi connectivity index (χ0v) is 31.5. The lowest BCUT2D eigenvalue weighted by Gasteiger charge is -2.36. The standard InChI is InChI=1S/C39H39F2N9O5.CH3F/c1-21-23(18-47-9-11-48(12-10-47)24-6-5-22-19-50(39(54)28(22)14-24)31-7-8-33(51)44-37(31)53)16-43-38(34(21)41)55-26-13-25-17-42-36-32(49(25)20-26)15-30(45-46-36)27-3-2-4-29(40)35(27)52;1-2/h2-6,14-16,25-26,31,52H,7-13,17-20H2,1H3,(H,42,46)(H,44,51,53);1H3. The van der Waals surface area contributed by atoms with Crippen molar-refractivity contribution < 1.29 is 37.4 Å². The van der Waals surface area contributed by atoms with Gasteiger partial charge in [-0.15, -0.1) is 10.2 Å². The van der Waals surface area contributed by atoms with Gasteiger partial charge in [0.05, 0.1) is 31.1 Å². The lowest BCUT2D eigenvalue weighted by atomic mass is 10.0. The Balaban J connectivity index is 0.00000224. The Bertz CT molecular complexity index is 2240. The summed E-state index contributed by atoms with van der Waals surface area (Å²) < 4.78 is 45.6. The fourth-order valence-corrected chi connectivity index (χ4v) is 8.38. The highest BCUT2D eigenvalue weighted by Crippen LogP contribution is 2.40. The van der Waals surface area contributed by atoms with E-state index in [0.717, 1.165) is 35.6 Å². The van der Waals surface area contributed by atoms with Crippen molar-refractivity contribution in [1.82, 2.24) is 30.3 Å². The van der Waals surface area contributed by atoms with Crippen LogP contribution < -0.4 is 25.2 Å². The van der Waals surface area contributed by atoms with Crippen LogP contribution in [0.15, 0.2) is 48.7 Å². The van der Waals surface area contributed by atoms with Gasteiger partial charge in [0, 0.05) is 81.7 Å². The van der Waals surface area contributed by atoms with E-state index >= 15 is 4.39 Å². The highest BCUT2D eigenvalue weighted by molar-refractivity contribution is 6.05. The second-order valence-corrected chi connectivity index (χ2v) is 14.8. The Morgan fingerprint density at radius 3 is 2.58 bits per heavy atom. The molecular weight excluding hydrogens is 743 g/mol. The zero-order valence-electron chi connectivity index (χ0n) is 31.5. The molecule has 0 bridgehead atoms. The summed E-state index contributed by atoms with van der Waals surface area (Å²) in [6.07, 6.45) is 2.51. The molecule has 0 radical (unpaired) electrons. The topological polar surface area (TPSA) is 156 Å². The van der Waals surface area contributed by atoms with Crippen LogP contribution in [0.5, 0.6) is 11.6 Å². The molecule has 7 heterocycles. The predicted octanol–water partition coefficient (Wildman–Crippen LogP) is 3.95. The Morgan fingerprint density at radius 1 is 0.982 bits per heavy atom. The number of phenols is 1. The van der Waals surface area contributed by atoms with Gasteiger partial charge in [0.2, 0.25) is 11.8 Å². The smallest absolute Gasteiger partial charge is 0.255 e. The van der Waals surface area contributed by atoms with Gasteiger partial charge in [-0.3, -0.25) is 29.0 Å². The van der Waals surface area contributed by atoms with E-state index < -0.39 is 29.3 Å². The molecule has 5 aliphatic rings. The summed E-state index contributed by atoms with van der Waals surface area (Å²) in [6, 6.07) is 11.3. The number of alkyl halides is 1. The summed E-state index contributed by atoms with van der Waals surface area (Å²) in [6.45, 7) is 6.56. The summed E-state index contributed by atoms with van der Waals surface area (Å²) in [5.74, 6) is -2.10. The zero-order chi connectivity index (χ0) is 40.0. The molecule has 3 N–H and O–H groups in total. The van der Waals surface area contributed by atoms with Gasteiger partial charge >= 0.3 is 0 Å². The van der Waals surface area contributed by atoms with Gasteiger partial charge in [-0.25, -0.2) is 13.8 Å². The van der Waals surface area contributed by atoms with Crippen LogP contribution >= 0.6 is 0 Å². The molecule has 3 unspecified atom stereocenters. The molecule has 3 fully saturated rings. The minimum atomic E-state index is -0.740. The van der Waals surface area contributed by atoms with Crippen LogP contribution in [0.1, 0.15) is 46.3 Å². The van der Waals surface area contributed by atoms with Crippen molar-refractivity contribution in [3.63, 3.8) is 0 Å². The van der Waals surface area contributed by atoms with E-state index in [-0.39, 0.29) is 41.8 Å². The number of nitrogens with zero attached hydrogens (tertiary/aromatic N) is 7. The van der Waals surface area contributed by atoms with E-state index in [1.807, 2.05) is 18.2 Å². The molecule has 0 saturated carbocycles. The number of anilines is 3. The molecule has 17 heteroatoms. The predicted molar refractivity (Wildman–Crippen MR) is 204 cm³/mol. The highest BCUT2D eigenvalue weighted by Gasteiger charge is 2.40. The second-order valence-electron chi connectivity index (χ2n) is 14.8. The number of piperazine rings is 1. The normalized spacial score (nSPS) is 21.6. The minimum absolute atomic E-state index is 0.0374. The number of para-hydroxylation sites is 1. The molecule has 3 amide bonds. The van der Waals surface area contributed by atoms with Crippen LogP contribution in [0.3, 0.4) is 0 Å². The van der Waals surface area contributed by atoms with Crippen LogP contribution in [0.4, 0.5) is 30.4 Å². The molecule has 5 aliphatic heterocycles. The molecule has 0 aliphatic carbocycles.